The molecule has 1 rings (SSSR count). The van der Waals surface area contributed by atoms with Crippen LogP contribution in [-0.2, 0) is 9.59 Å². The van der Waals surface area contributed by atoms with E-state index in [2.05, 4.69) is 17.6 Å². The van der Waals surface area contributed by atoms with E-state index in [9.17, 15) is 9.59 Å². The Morgan fingerprint density at radius 3 is 2.36 bits per heavy atom. The summed E-state index contributed by atoms with van der Waals surface area (Å²) in [6.07, 6.45) is 6.96. The first-order valence-corrected chi connectivity index (χ1v) is 8.21. The summed E-state index contributed by atoms with van der Waals surface area (Å²) in [5.74, 6) is -1.16. The van der Waals surface area contributed by atoms with Gasteiger partial charge in [0.1, 0.15) is 0 Å². The maximum Gasteiger partial charge on any atom is 0.313 e. The molecule has 0 bridgehead atoms. The van der Waals surface area contributed by atoms with Crippen molar-refractivity contribution >= 4 is 17.5 Å². The van der Waals surface area contributed by atoms with Crippen molar-refractivity contribution in [3.05, 3.63) is 29.3 Å². The number of hydrogen-bond acceptors (Lipinski definition) is 2. The third kappa shape index (κ3) is 6.29. The van der Waals surface area contributed by atoms with Crippen LogP contribution in [-0.4, -0.2) is 18.4 Å². The van der Waals surface area contributed by atoms with Gasteiger partial charge in [0, 0.05) is 12.2 Å². The third-order valence-electron chi connectivity index (χ3n) is 3.87. The molecule has 0 aliphatic heterocycles. The van der Waals surface area contributed by atoms with Crippen molar-refractivity contribution in [2.75, 3.05) is 11.9 Å². The Morgan fingerprint density at radius 1 is 0.955 bits per heavy atom. The molecule has 1 aromatic rings. The maximum atomic E-state index is 11.9. The Labute approximate surface area is 133 Å². The SMILES string of the molecule is CCCCCCCCNC(=O)C(=O)Nc1cccc(C)c1C. The average Bonchev–Trinajstić information content (AvgIpc) is 2.50. The predicted molar refractivity (Wildman–Crippen MR) is 90.9 cm³/mol. The van der Waals surface area contributed by atoms with E-state index in [1.54, 1.807) is 6.07 Å². The lowest BCUT2D eigenvalue weighted by molar-refractivity contribution is -0.136. The molecule has 0 aliphatic carbocycles. The summed E-state index contributed by atoms with van der Waals surface area (Å²) < 4.78 is 0. The van der Waals surface area contributed by atoms with Crippen LogP contribution < -0.4 is 10.6 Å². The fourth-order valence-corrected chi connectivity index (χ4v) is 2.25. The molecule has 2 amide bonds. The van der Waals surface area contributed by atoms with Crippen molar-refractivity contribution in [1.82, 2.24) is 5.32 Å². The number of nitrogens with one attached hydrogen (secondary N) is 2. The van der Waals surface area contributed by atoms with Gasteiger partial charge >= 0.3 is 11.8 Å². The summed E-state index contributed by atoms with van der Waals surface area (Å²) in [4.78, 5) is 23.6. The molecule has 122 valence electrons. The van der Waals surface area contributed by atoms with Gasteiger partial charge in [0.2, 0.25) is 0 Å². The van der Waals surface area contributed by atoms with E-state index in [1.807, 2.05) is 26.0 Å². The van der Waals surface area contributed by atoms with E-state index in [4.69, 9.17) is 0 Å². The number of aryl methyl sites for hydroxylation is 1. The molecule has 0 saturated carbocycles. The Bertz CT molecular complexity index is 498. The summed E-state index contributed by atoms with van der Waals surface area (Å²) in [6, 6.07) is 5.65. The van der Waals surface area contributed by atoms with Crippen LogP contribution in [0.5, 0.6) is 0 Å². The standard InChI is InChI=1S/C18H28N2O2/c1-4-5-6-7-8-9-13-19-17(21)18(22)20-16-12-10-11-14(2)15(16)3/h10-12H,4-9,13H2,1-3H3,(H,19,21)(H,20,22). The van der Waals surface area contributed by atoms with Crippen molar-refractivity contribution in [3.8, 4) is 0 Å². The molecule has 0 saturated heterocycles. The van der Waals surface area contributed by atoms with Gasteiger partial charge in [-0.25, -0.2) is 0 Å². The quantitative estimate of drug-likeness (QED) is 0.568. The van der Waals surface area contributed by atoms with Crippen molar-refractivity contribution in [1.29, 1.82) is 0 Å². The zero-order valence-electron chi connectivity index (χ0n) is 14.0. The van der Waals surface area contributed by atoms with E-state index >= 15 is 0 Å². The van der Waals surface area contributed by atoms with Gasteiger partial charge in [-0.1, -0.05) is 51.2 Å². The van der Waals surface area contributed by atoms with E-state index in [0.29, 0.717) is 12.2 Å². The van der Waals surface area contributed by atoms with Gasteiger partial charge in [-0.05, 0) is 37.5 Å². The number of hydrogen-bond donors (Lipinski definition) is 2. The summed E-state index contributed by atoms with van der Waals surface area (Å²) in [5, 5.41) is 5.35. The zero-order chi connectivity index (χ0) is 16.4. The molecular formula is C18H28N2O2. The van der Waals surface area contributed by atoms with E-state index in [0.717, 1.165) is 24.0 Å². The van der Waals surface area contributed by atoms with E-state index in [1.165, 1.54) is 25.7 Å². The number of carbonyl (C=O) groups is 2. The van der Waals surface area contributed by atoms with Crippen LogP contribution in [0.1, 0.15) is 56.6 Å². The molecule has 0 heterocycles. The van der Waals surface area contributed by atoms with Crippen LogP contribution in [0.3, 0.4) is 0 Å². The Morgan fingerprint density at radius 2 is 1.64 bits per heavy atom. The van der Waals surface area contributed by atoms with Crippen molar-refractivity contribution in [2.45, 2.75) is 59.3 Å². The van der Waals surface area contributed by atoms with Gasteiger partial charge in [0.05, 0.1) is 0 Å². The predicted octanol–water partition coefficient (Wildman–Crippen LogP) is 3.72. The fourth-order valence-electron chi connectivity index (χ4n) is 2.25. The van der Waals surface area contributed by atoms with Crippen molar-refractivity contribution < 1.29 is 9.59 Å². The number of amides is 2. The monoisotopic (exact) mass is 304 g/mol. The molecule has 0 spiro atoms. The summed E-state index contributed by atoms with van der Waals surface area (Å²) in [7, 11) is 0. The van der Waals surface area contributed by atoms with Crippen LogP contribution in [0, 0.1) is 13.8 Å². The molecule has 0 fully saturated rings. The van der Waals surface area contributed by atoms with Crippen LogP contribution >= 0.6 is 0 Å². The molecule has 22 heavy (non-hydrogen) atoms. The number of unbranched alkanes of at least 4 members (excludes halogenated alkanes) is 5. The number of rotatable bonds is 8. The highest BCUT2D eigenvalue weighted by atomic mass is 16.2. The molecule has 0 radical (unpaired) electrons. The third-order valence-corrected chi connectivity index (χ3v) is 3.87. The van der Waals surface area contributed by atoms with Crippen LogP contribution in [0.4, 0.5) is 5.69 Å². The fraction of sp³-hybridized carbons (Fsp3) is 0.556. The molecule has 1 aromatic carbocycles. The Balaban J connectivity index is 2.28. The van der Waals surface area contributed by atoms with Crippen molar-refractivity contribution in [3.63, 3.8) is 0 Å². The lowest BCUT2D eigenvalue weighted by Gasteiger charge is -2.10. The minimum absolute atomic E-state index is 0.561. The number of carbonyl (C=O) groups excluding carboxylic acids is 2. The minimum atomic E-state index is -0.598. The molecular weight excluding hydrogens is 276 g/mol. The smallest absolute Gasteiger partial charge is 0.313 e. The summed E-state index contributed by atoms with van der Waals surface area (Å²) in [6.45, 7) is 6.66. The second kappa shape index (κ2) is 9.98. The number of anilines is 1. The second-order valence-corrected chi connectivity index (χ2v) is 5.73. The lowest BCUT2D eigenvalue weighted by atomic mass is 10.1. The van der Waals surface area contributed by atoms with Gasteiger partial charge in [0.25, 0.3) is 0 Å². The number of benzene rings is 1. The van der Waals surface area contributed by atoms with E-state index in [-0.39, 0.29) is 0 Å². The minimum Gasteiger partial charge on any atom is -0.348 e. The Hall–Kier alpha value is -1.84. The summed E-state index contributed by atoms with van der Waals surface area (Å²) >= 11 is 0. The largest absolute Gasteiger partial charge is 0.348 e. The zero-order valence-corrected chi connectivity index (χ0v) is 14.0. The first-order chi connectivity index (χ1) is 10.6. The van der Waals surface area contributed by atoms with Gasteiger partial charge in [-0.15, -0.1) is 0 Å². The highest BCUT2D eigenvalue weighted by molar-refractivity contribution is 6.39. The highest BCUT2D eigenvalue weighted by Crippen LogP contribution is 2.17. The first kappa shape index (κ1) is 18.2. The summed E-state index contributed by atoms with van der Waals surface area (Å²) in [5.41, 5.74) is 2.77. The van der Waals surface area contributed by atoms with Gasteiger partial charge < -0.3 is 10.6 Å². The molecule has 0 aliphatic rings. The van der Waals surface area contributed by atoms with Crippen LogP contribution in [0.2, 0.25) is 0 Å². The van der Waals surface area contributed by atoms with Crippen LogP contribution in [0.25, 0.3) is 0 Å². The normalized spacial score (nSPS) is 10.3. The van der Waals surface area contributed by atoms with Crippen LogP contribution in [0.15, 0.2) is 18.2 Å². The topological polar surface area (TPSA) is 58.2 Å². The van der Waals surface area contributed by atoms with Gasteiger partial charge in [-0.3, -0.25) is 9.59 Å². The molecule has 0 aromatic heterocycles. The van der Waals surface area contributed by atoms with Gasteiger partial charge in [-0.2, -0.15) is 0 Å². The Kier molecular flexibility index (Phi) is 8.26. The highest BCUT2D eigenvalue weighted by Gasteiger charge is 2.14. The van der Waals surface area contributed by atoms with Crippen molar-refractivity contribution in [2.24, 2.45) is 0 Å². The molecule has 0 unspecified atom stereocenters. The molecule has 2 N–H and O–H groups in total. The molecule has 0 atom stereocenters. The van der Waals surface area contributed by atoms with E-state index < -0.39 is 11.8 Å². The second-order valence-electron chi connectivity index (χ2n) is 5.73. The first-order valence-electron chi connectivity index (χ1n) is 8.21. The maximum absolute atomic E-state index is 11.9. The molecule has 4 heteroatoms. The average molecular weight is 304 g/mol. The van der Waals surface area contributed by atoms with Gasteiger partial charge in [0.15, 0.2) is 0 Å². The molecule has 4 nitrogen and oxygen atoms in total. The lowest BCUT2D eigenvalue weighted by Crippen LogP contribution is -2.36.